The summed E-state index contributed by atoms with van der Waals surface area (Å²) in [5.74, 6) is 0.681. The Labute approximate surface area is 261 Å². The topological polar surface area (TPSA) is 38.7 Å². The van der Waals surface area contributed by atoms with Gasteiger partial charge in [0.1, 0.15) is 12.7 Å². The van der Waals surface area contributed by atoms with Crippen molar-refractivity contribution < 1.29 is 0 Å². The molecule has 0 atom stereocenters. The molecule has 1 aromatic heterocycles. The fourth-order valence-corrected chi connectivity index (χ4v) is 7.62. The quantitative estimate of drug-likeness (QED) is 0.197. The van der Waals surface area contributed by atoms with E-state index < -0.39 is 0 Å². The van der Waals surface area contributed by atoms with E-state index in [-0.39, 0.29) is 5.41 Å². The van der Waals surface area contributed by atoms with Gasteiger partial charge in [-0.15, -0.1) is 0 Å². The van der Waals surface area contributed by atoms with Crippen molar-refractivity contribution in [2.24, 2.45) is 0 Å². The lowest BCUT2D eigenvalue weighted by Crippen LogP contribution is -2.14. The normalized spacial score (nSPS) is 13.3. The molecule has 0 saturated carbocycles. The highest BCUT2D eigenvalue weighted by Crippen LogP contribution is 2.51. The molecule has 8 aromatic rings. The molecule has 3 heteroatoms. The van der Waals surface area contributed by atoms with Crippen LogP contribution in [0.2, 0.25) is 0 Å². The molecule has 0 radical (unpaired) electrons. The summed E-state index contributed by atoms with van der Waals surface area (Å²) >= 11 is 0. The van der Waals surface area contributed by atoms with Gasteiger partial charge in [0.25, 0.3) is 0 Å². The first kappa shape index (κ1) is 25.8. The molecule has 9 rings (SSSR count). The van der Waals surface area contributed by atoms with Crippen LogP contribution in [-0.2, 0) is 5.41 Å². The Kier molecular flexibility index (Phi) is 5.54. The molecule has 1 aliphatic rings. The monoisotopic (exact) mass is 575 g/mol. The lowest BCUT2D eigenvalue weighted by Gasteiger charge is -2.22. The zero-order valence-electron chi connectivity index (χ0n) is 25.1. The largest absolute Gasteiger partial charge is 0.225 e. The molecular weight excluding hydrogens is 546 g/mol. The fraction of sp³-hybridized carbons (Fsp3) is 0.0714. The molecule has 0 N–H and O–H groups in total. The lowest BCUT2D eigenvalue weighted by atomic mass is 9.81. The molecule has 45 heavy (non-hydrogen) atoms. The van der Waals surface area contributed by atoms with E-state index in [4.69, 9.17) is 0 Å². The first-order valence-electron chi connectivity index (χ1n) is 15.4. The van der Waals surface area contributed by atoms with Crippen molar-refractivity contribution in [3.05, 3.63) is 151 Å². The first-order valence-corrected chi connectivity index (χ1v) is 15.4. The van der Waals surface area contributed by atoms with Crippen LogP contribution in [0, 0.1) is 0 Å². The van der Waals surface area contributed by atoms with E-state index in [1.807, 2.05) is 0 Å². The van der Waals surface area contributed by atoms with E-state index in [1.54, 1.807) is 12.7 Å². The van der Waals surface area contributed by atoms with Crippen LogP contribution in [0.4, 0.5) is 0 Å². The third-order valence-electron chi connectivity index (χ3n) is 9.71. The molecule has 0 unspecified atom stereocenters. The van der Waals surface area contributed by atoms with Gasteiger partial charge in [0, 0.05) is 11.0 Å². The van der Waals surface area contributed by atoms with E-state index in [1.165, 1.54) is 66.1 Å². The van der Waals surface area contributed by atoms with Gasteiger partial charge in [0.2, 0.25) is 0 Å². The highest BCUT2D eigenvalue weighted by molar-refractivity contribution is 6.21. The molecule has 1 heterocycles. The zero-order chi connectivity index (χ0) is 30.1. The first-order chi connectivity index (χ1) is 22.1. The van der Waals surface area contributed by atoms with Gasteiger partial charge >= 0.3 is 0 Å². The maximum atomic E-state index is 4.64. The Hall–Kier alpha value is -5.67. The second-order valence-corrected chi connectivity index (χ2v) is 12.5. The minimum atomic E-state index is -0.0430. The number of nitrogens with zero attached hydrogens (tertiary/aromatic N) is 3. The van der Waals surface area contributed by atoms with Gasteiger partial charge in [-0.3, -0.25) is 0 Å². The Bertz CT molecular complexity index is 2450. The third-order valence-corrected chi connectivity index (χ3v) is 9.71. The smallest absolute Gasteiger partial charge is 0.163 e. The van der Waals surface area contributed by atoms with Gasteiger partial charge < -0.3 is 0 Å². The fourth-order valence-electron chi connectivity index (χ4n) is 7.62. The van der Waals surface area contributed by atoms with E-state index in [2.05, 4.69) is 156 Å². The Morgan fingerprint density at radius 3 is 1.91 bits per heavy atom. The van der Waals surface area contributed by atoms with Crippen LogP contribution in [0.5, 0.6) is 0 Å². The Morgan fingerprint density at radius 2 is 1.07 bits per heavy atom. The third kappa shape index (κ3) is 3.80. The zero-order valence-corrected chi connectivity index (χ0v) is 25.1. The minimum absolute atomic E-state index is 0.0430. The van der Waals surface area contributed by atoms with Crippen molar-refractivity contribution in [1.29, 1.82) is 0 Å². The molecule has 212 valence electrons. The molecule has 1 aliphatic carbocycles. The van der Waals surface area contributed by atoms with Crippen LogP contribution < -0.4 is 0 Å². The van der Waals surface area contributed by atoms with Gasteiger partial charge in [-0.2, -0.15) is 0 Å². The Morgan fingerprint density at radius 1 is 0.444 bits per heavy atom. The average molecular weight is 576 g/mol. The number of hydrogen-bond acceptors (Lipinski definition) is 3. The molecule has 0 fully saturated rings. The Balaban J connectivity index is 1.40. The van der Waals surface area contributed by atoms with Crippen molar-refractivity contribution in [3.63, 3.8) is 0 Å². The molecule has 7 aromatic carbocycles. The highest BCUT2D eigenvalue weighted by Gasteiger charge is 2.35. The maximum Gasteiger partial charge on any atom is 0.163 e. The molecule has 0 saturated heterocycles. The number of benzene rings is 7. The highest BCUT2D eigenvalue weighted by atomic mass is 15.0. The predicted octanol–water partition coefficient (Wildman–Crippen LogP) is 10.6. The second kappa shape index (κ2) is 9.67. The van der Waals surface area contributed by atoms with Crippen molar-refractivity contribution in [2.75, 3.05) is 0 Å². The van der Waals surface area contributed by atoms with Crippen LogP contribution in [0.25, 0.3) is 77.1 Å². The molecule has 0 aliphatic heterocycles. The summed E-state index contributed by atoms with van der Waals surface area (Å²) in [6, 6.07) is 46.7. The van der Waals surface area contributed by atoms with Gasteiger partial charge in [0.15, 0.2) is 5.82 Å². The van der Waals surface area contributed by atoms with E-state index in [9.17, 15) is 0 Å². The van der Waals surface area contributed by atoms with Crippen LogP contribution in [-0.4, -0.2) is 15.0 Å². The molecule has 0 bridgehead atoms. The van der Waals surface area contributed by atoms with E-state index in [0.29, 0.717) is 5.82 Å². The van der Waals surface area contributed by atoms with Crippen molar-refractivity contribution in [2.45, 2.75) is 19.3 Å². The van der Waals surface area contributed by atoms with Crippen LogP contribution >= 0.6 is 0 Å². The standard InChI is InChI=1S/C42H29N3/c1-42(2)37-17-8-7-13-31(37)35-23-28(19-21-38(35)42)39-32-14-5-6-15-33(32)40(41-44-24-43-25-45-41)34-20-18-27(22-36(34)39)30-16-9-11-26-10-3-4-12-29(26)30/h3-25H,1-2H3. The summed E-state index contributed by atoms with van der Waals surface area (Å²) in [6.45, 7) is 4.67. The van der Waals surface area contributed by atoms with E-state index >= 15 is 0 Å². The summed E-state index contributed by atoms with van der Waals surface area (Å²) in [5.41, 5.74) is 11.2. The number of aromatic nitrogens is 3. The summed E-state index contributed by atoms with van der Waals surface area (Å²) < 4.78 is 0. The number of fused-ring (bicyclic) bond motifs is 6. The molecule has 0 amide bonds. The van der Waals surface area contributed by atoms with Crippen LogP contribution in [0.1, 0.15) is 25.0 Å². The van der Waals surface area contributed by atoms with Crippen LogP contribution in [0.15, 0.2) is 140 Å². The molecule has 3 nitrogen and oxygen atoms in total. The second-order valence-electron chi connectivity index (χ2n) is 12.5. The van der Waals surface area contributed by atoms with Gasteiger partial charge in [0.05, 0.1) is 0 Å². The summed E-state index contributed by atoms with van der Waals surface area (Å²) in [7, 11) is 0. The van der Waals surface area contributed by atoms with Crippen molar-refractivity contribution >= 4 is 32.3 Å². The van der Waals surface area contributed by atoms with Gasteiger partial charge in [-0.25, -0.2) is 15.0 Å². The SMILES string of the molecule is CC1(C)c2ccccc2-c2cc(-c3c4ccccc4c(-c4ncncn4)c4ccc(-c5cccc6ccccc56)cc34)ccc21. The van der Waals surface area contributed by atoms with Gasteiger partial charge in [-0.05, 0) is 89.0 Å². The summed E-state index contributed by atoms with van der Waals surface area (Å²) in [4.78, 5) is 13.4. The molecular formula is C42H29N3. The van der Waals surface area contributed by atoms with Crippen molar-refractivity contribution in [1.82, 2.24) is 15.0 Å². The number of rotatable bonds is 3. The van der Waals surface area contributed by atoms with Crippen LogP contribution in [0.3, 0.4) is 0 Å². The summed E-state index contributed by atoms with van der Waals surface area (Å²) in [6.07, 6.45) is 3.17. The van der Waals surface area contributed by atoms with E-state index in [0.717, 1.165) is 16.3 Å². The lowest BCUT2D eigenvalue weighted by molar-refractivity contribution is 0.660. The predicted molar refractivity (Wildman–Crippen MR) is 186 cm³/mol. The minimum Gasteiger partial charge on any atom is -0.225 e. The average Bonchev–Trinajstić information content (AvgIpc) is 3.32. The van der Waals surface area contributed by atoms with Gasteiger partial charge in [-0.1, -0.05) is 129 Å². The molecule has 0 spiro atoms. The maximum absolute atomic E-state index is 4.64. The number of hydrogen-bond donors (Lipinski definition) is 0. The summed E-state index contributed by atoms with van der Waals surface area (Å²) in [5, 5.41) is 7.10. The van der Waals surface area contributed by atoms with Crippen molar-refractivity contribution in [3.8, 4) is 44.8 Å².